The molecule has 0 spiro atoms. The maximum atomic E-state index is 12.8. The van der Waals surface area contributed by atoms with Crippen molar-refractivity contribution in [3.05, 3.63) is 24.0 Å². The molecule has 0 radical (unpaired) electrons. The average molecular weight is 375 g/mol. The Bertz CT molecular complexity index is 653. The standard InChI is InChI=1S/C19H29N5O3/c1-3-21-7-9-22(10-8-21)16-5-6-20-17(15-16)18(25)23-11-13-24(14-12-23)19(26)27-4-2/h5-6,15H,3-4,7-14H2,1-2H3. The van der Waals surface area contributed by atoms with Gasteiger partial charge in [-0.1, -0.05) is 6.92 Å². The molecule has 1 aromatic rings. The number of nitrogens with zero attached hydrogens (tertiary/aromatic N) is 5. The molecule has 3 rings (SSSR count). The lowest BCUT2D eigenvalue weighted by Gasteiger charge is -2.36. The number of ether oxygens (including phenoxy) is 1. The van der Waals surface area contributed by atoms with E-state index in [1.807, 2.05) is 12.1 Å². The van der Waals surface area contributed by atoms with Gasteiger partial charge in [0.05, 0.1) is 6.61 Å². The van der Waals surface area contributed by atoms with Crippen LogP contribution in [0.25, 0.3) is 0 Å². The summed E-state index contributed by atoms with van der Waals surface area (Å²) in [6.45, 7) is 11.4. The van der Waals surface area contributed by atoms with Gasteiger partial charge in [0.25, 0.3) is 5.91 Å². The highest BCUT2D eigenvalue weighted by Crippen LogP contribution is 2.18. The zero-order valence-corrected chi connectivity index (χ0v) is 16.3. The fraction of sp³-hybridized carbons (Fsp3) is 0.632. The molecule has 0 unspecified atom stereocenters. The molecule has 2 saturated heterocycles. The summed E-state index contributed by atoms with van der Waals surface area (Å²) >= 11 is 0. The van der Waals surface area contributed by atoms with E-state index < -0.39 is 0 Å². The molecule has 0 aromatic carbocycles. The second kappa shape index (κ2) is 9.03. The molecule has 2 amide bonds. The Kier molecular flexibility index (Phi) is 6.49. The van der Waals surface area contributed by atoms with E-state index in [2.05, 4.69) is 21.7 Å². The van der Waals surface area contributed by atoms with E-state index in [1.165, 1.54) is 0 Å². The predicted octanol–water partition coefficient (Wildman–Crippen LogP) is 1.14. The number of likely N-dealkylation sites (N-methyl/N-ethyl adjacent to an activating group) is 1. The quantitative estimate of drug-likeness (QED) is 0.786. The van der Waals surface area contributed by atoms with Gasteiger partial charge in [0.15, 0.2) is 0 Å². The molecule has 0 N–H and O–H groups in total. The third kappa shape index (κ3) is 4.68. The van der Waals surface area contributed by atoms with Gasteiger partial charge in [-0.2, -0.15) is 0 Å². The van der Waals surface area contributed by atoms with Crippen molar-refractivity contribution in [2.45, 2.75) is 13.8 Å². The first kappa shape index (κ1) is 19.4. The number of rotatable bonds is 4. The highest BCUT2D eigenvalue weighted by atomic mass is 16.6. The Morgan fingerprint density at radius 2 is 1.67 bits per heavy atom. The molecule has 2 fully saturated rings. The van der Waals surface area contributed by atoms with E-state index in [0.29, 0.717) is 38.5 Å². The number of anilines is 1. The van der Waals surface area contributed by atoms with Crippen LogP contribution in [0.2, 0.25) is 0 Å². The summed E-state index contributed by atoms with van der Waals surface area (Å²) in [5.41, 5.74) is 1.52. The molecule has 2 aliphatic heterocycles. The van der Waals surface area contributed by atoms with Crippen molar-refractivity contribution in [2.24, 2.45) is 0 Å². The number of hydrogen-bond donors (Lipinski definition) is 0. The number of pyridine rings is 1. The number of hydrogen-bond acceptors (Lipinski definition) is 6. The number of carbonyl (C=O) groups excluding carboxylic acids is 2. The van der Waals surface area contributed by atoms with Crippen LogP contribution in [0.4, 0.5) is 10.5 Å². The number of amides is 2. The highest BCUT2D eigenvalue weighted by molar-refractivity contribution is 5.93. The highest BCUT2D eigenvalue weighted by Gasteiger charge is 2.26. The van der Waals surface area contributed by atoms with Crippen molar-refractivity contribution in [2.75, 3.05) is 70.4 Å². The van der Waals surface area contributed by atoms with Crippen molar-refractivity contribution in [1.29, 1.82) is 0 Å². The first-order valence-corrected chi connectivity index (χ1v) is 9.76. The van der Waals surface area contributed by atoms with Crippen LogP contribution in [-0.2, 0) is 4.74 Å². The number of aromatic nitrogens is 1. The van der Waals surface area contributed by atoms with Gasteiger partial charge in [-0.25, -0.2) is 4.79 Å². The molecule has 2 aliphatic rings. The van der Waals surface area contributed by atoms with Crippen LogP contribution >= 0.6 is 0 Å². The molecule has 27 heavy (non-hydrogen) atoms. The normalized spacial score (nSPS) is 18.5. The van der Waals surface area contributed by atoms with Gasteiger partial charge in [-0.05, 0) is 25.6 Å². The zero-order chi connectivity index (χ0) is 19.2. The summed E-state index contributed by atoms with van der Waals surface area (Å²) in [4.78, 5) is 37.1. The molecular formula is C19H29N5O3. The van der Waals surface area contributed by atoms with Crippen LogP contribution in [0.5, 0.6) is 0 Å². The lowest BCUT2D eigenvalue weighted by molar-refractivity contribution is 0.0566. The Balaban J connectivity index is 1.59. The summed E-state index contributed by atoms with van der Waals surface area (Å²) < 4.78 is 5.02. The number of piperazine rings is 2. The third-order valence-corrected chi connectivity index (χ3v) is 5.24. The summed E-state index contributed by atoms with van der Waals surface area (Å²) in [7, 11) is 0. The minimum atomic E-state index is -0.309. The second-order valence-electron chi connectivity index (χ2n) is 6.80. The van der Waals surface area contributed by atoms with Gasteiger partial charge in [-0.15, -0.1) is 0 Å². The first-order valence-electron chi connectivity index (χ1n) is 9.76. The van der Waals surface area contributed by atoms with Crippen molar-refractivity contribution < 1.29 is 14.3 Å². The molecule has 0 aliphatic carbocycles. The molecule has 3 heterocycles. The fourth-order valence-electron chi connectivity index (χ4n) is 3.52. The van der Waals surface area contributed by atoms with Crippen LogP contribution in [0.3, 0.4) is 0 Å². The van der Waals surface area contributed by atoms with Crippen molar-refractivity contribution >= 4 is 17.7 Å². The fourth-order valence-corrected chi connectivity index (χ4v) is 3.52. The van der Waals surface area contributed by atoms with E-state index >= 15 is 0 Å². The maximum absolute atomic E-state index is 12.8. The van der Waals surface area contributed by atoms with Crippen molar-refractivity contribution in [3.63, 3.8) is 0 Å². The molecule has 8 heteroatoms. The Labute approximate surface area is 160 Å². The SMILES string of the molecule is CCOC(=O)N1CCN(C(=O)c2cc(N3CCN(CC)CC3)ccn2)CC1. The minimum Gasteiger partial charge on any atom is -0.450 e. The van der Waals surface area contributed by atoms with Gasteiger partial charge < -0.3 is 24.3 Å². The van der Waals surface area contributed by atoms with Crippen LogP contribution < -0.4 is 4.90 Å². The average Bonchev–Trinajstić information content (AvgIpc) is 2.73. The largest absolute Gasteiger partial charge is 0.450 e. The topological polar surface area (TPSA) is 69.2 Å². The van der Waals surface area contributed by atoms with E-state index in [-0.39, 0.29) is 12.0 Å². The van der Waals surface area contributed by atoms with Gasteiger partial charge >= 0.3 is 6.09 Å². The minimum absolute atomic E-state index is 0.0763. The molecule has 8 nitrogen and oxygen atoms in total. The maximum Gasteiger partial charge on any atom is 0.409 e. The zero-order valence-electron chi connectivity index (χ0n) is 16.3. The lowest BCUT2D eigenvalue weighted by Crippen LogP contribution is -2.51. The van der Waals surface area contributed by atoms with Crippen molar-refractivity contribution in [1.82, 2.24) is 19.7 Å². The number of carbonyl (C=O) groups is 2. The summed E-state index contributed by atoms with van der Waals surface area (Å²) in [6.07, 6.45) is 1.40. The van der Waals surface area contributed by atoms with E-state index in [4.69, 9.17) is 4.74 Å². The molecule has 148 valence electrons. The predicted molar refractivity (Wildman–Crippen MR) is 103 cm³/mol. The van der Waals surface area contributed by atoms with Gasteiger partial charge in [0, 0.05) is 64.2 Å². The van der Waals surface area contributed by atoms with Gasteiger partial charge in [0.1, 0.15) is 5.69 Å². The monoisotopic (exact) mass is 375 g/mol. The van der Waals surface area contributed by atoms with Crippen LogP contribution in [-0.4, -0.2) is 97.2 Å². The second-order valence-corrected chi connectivity index (χ2v) is 6.80. The summed E-state index contributed by atoms with van der Waals surface area (Å²) in [5, 5.41) is 0. The van der Waals surface area contributed by atoms with E-state index in [1.54, 1.807) is 22.9 Å². The van der Waals surface area contributed by atoms with Crippen molar-refractivity contribution in [3.8, 4) is 0 Å². The van der Waals surface area contributed by atoms with E-state index in [9.17, 15) is 9.59 Å². The molecule has 1 aromatic heterocycles. The first-order chi connectivity index (χ1) is 13.1. The summed E-state index contributed by atoms with van der Waals surface area (Å²) in [5.74, 6) is -0.0763. The molecule has 0 bridgehead atoms. The summed E-state index contributed by atoms with van der Waals surface area (Å²) in [6, 6.07) is 3.86. The Hall–Kier alpha value is -2.35. The lowest BCUT2D eigenvalue weighted by atomic mass is 10.2. The van der Waals surface area contributed by atoms with Gasteiger partial charge in [0.2, 0.25) is 0 Å². The van der Waals surface area contributed by atoms with Crippen LogP contribution in [0.15, 0.2) is 18.3 Å². The van der Waals surface area contributed by atoms with Crippen LogP contribution in [0.1, 0.15) is 24.3 Å². The van der Waals surface area contributed by atoms with Crippen LogP contribution in [0, 0.1) is 0 Å². The Morgan fingerprint density at radius 1 is 1.00 bits per heavy atom. The molecule has 0 saturated carbocycles. The Morgan fingerprint density at radius 3 is 2.30 bits per heavy atom. The molecular weight excluding hydrogens is 346 g/mol. The smallest absolute Gasteiger partial charge is 0.409 e. The van der Waals surface area contributed by atoms with E-state index in [0.717, 1.165) is 38.4 Å². The van der Waals surface area contributed by atoms with Gasteiger partial charge in [-0.3, -0.25) is 9.78 Å². The molecule has 0 atom stereocenters. The third-order valence-electron chi connectivity index (χ3n) is 5.24.